The number of anilines is 1. The molecule has 0 saturated heterocycles. The number of carbonyl (C=O) groups is 2. The van der Waals surface area contributed by atoms with Crippen molar-refractivity contribution < 1.29 is 19.2 Å². The summed E-state index contributed by atoms with van der Waals surface area (Å²) in [5.41, 5.74) is 4.07. The Hall–Kier alpha value is -2.84. The molecule has 0 unspecified atom stereocenters. The van der Waals surface area contributed by atoms with Gasteiger partial charge in [0.1, 0.15) is 0 Å². The van der Waals surface area contributed by atoms with E-state index in [4.69, 9.17) is 0 Å². The molecule has 19 heavy (non-hydrogen) atoms. The van der Waals surface area contributed by atoms with Crippen molar-refractivity contribution in [2.45, 2.75) is 6.92 Å². The number of nitro benzene ring substituents is 1. The molecule has 9 heteroatoms. The van der Waals surface area contributed by atoms with Crippen LogP contribution >= 0.6 is 0 Å². The topological polar surface area (TPSA) is 123 Å². The molecule has 0 aliphatic carbocycles. The van der Waals surface area contributed by atoms with Crippen LogP contribution in [0.3, 0.4) is 0 Å². The van der Waals surface area contributed by atoms with Gasteiger partial charge in [0.05, 0.1) is 11.5 Å². The Morgan fingerprint density at radius 3 is 2.74 bits per heavy atom. The highest BCUT2D eigenvalue weighted by molar-refractivity contribution is 5.90. The predicted molar refractivity (Wildman–Crippen MR) is 65.4 cm³/mol. The van der Waals surface area contributed by atoms with E-state index < -0.39 is 17.0 Å². The summed E-state index contributed by atoms with van der Waals surface area (Å²) in [6, 6.07) is 4.61. The second-order valence-electron chi connectivity index (χ2n) is 3.23. The van der Waals surface area contributed by atoms with Gasteiger partial charge in [0.15, 0.2) is 0 Å². The van der Waals surface area contributed by atoms with Crippen LogP contribution in [0.1, 0.15) is 6.92 Å². The van der Waals surface area contributed by atoms with Crippen LogP contribution in [0.2, 0.25) is 0 Å². The lowest BCUT2D eigenvalue weighted by atomic mass is 10.3. The van der Waals surface area contributed by atoms with Crippen molar-refractivity contribution in [3.05, 3.63) is 34.4 Å². The number of non-ortho nitro benzene ring substituents is 1. The molecule has 0 spiro atoms. The van der Waals surface area contributed by atoms with Crippen molar-refractivity contribution in [2.24, 2.45) is 0 Å². The van der Waals surface area contributed by atoms with E-state index in [1.54, 1.807) is 6.92 Å². The standard InChI is InChI=1S/C10H12N4O5/c1-2-19-10(16)13-12-9(15)11-7-4-3-5-8(6-7)14(17)18/h3-6H,2H2,1H3,(H,13,16)(H2,11,12,15). The van der Waals surface area contributed by atoms with E-state index in [0.717, 1.165) is 0 Å². The van der Waals surface area contributed by atoms with Gasteiger partial charge in [0.2, 0.25) is 0 Å². The number of nitro groups is 1. The first-order valence-electron chi connectivity index (χ1n) is 5.27. The Labute approximate surface area is 108 Å². The van der Waals surface area contributed by atoms with Crippen molar-refractivity contribution in [2.75, 3.05) is 11.9 Å². The molecule has 0 heterocycles. The molecule has 1 aromatic rings. The second kappa shape index (κ2) is 6.79. The van der Waals surface area contributed by atoms with E-state index in [2.05, 4.69) is 10.1 Å². The summed E-state index contributed by atoms with van der Waals surface area (Å²) in [7, 11) is 0. The van der Waals surface area contributed by atoms with E-state index in [1.807, 2.05) is 10.9 Å². The van der Waals surface area contributed by atoms with Gasteiger partial charge >= 0.3 is 12.1 Å². The third-order valence-corrected chi connectivity index (χ3v) is 1.87. The molecule has 0 saturated carbocycles. The highest BCUT2D eigenvalue weighted by Gasteiger charge is 2.08. The Morgan fingerprint density at radius 1 is 1.37 bits per heavy atom. The fourth-order valence-corrected chi connectivity index (χ4v) is 1.13. The normalized spacial score (nSPS) is 9.32. The third kappa shape index (κ3) is 4.89. The number of nitrogens with zero attached hydrogens (tertiary/aromatic N) is 1. The monoisotopic (exact) mass is 268 g/mol. The number of hydrogen-bond acceptors (Lipinski definition) is 5. The van der Waals surface area contributed by atoms with Crippen LogP contribution in [0.4, 0.5) is 21.0 Å². The van der Waals surface area contributed by atoms with Gasteiger partial charge in [-0.05, 0) is 13.0 Å². The summed E-state index contributed by atoms with van der Waals surface area (Å²) >= 11 is 0. The minimum atomic E-state index is -0.809. The lowest BCUT2D eigenvalue weighted by molar-refractivity contribution is -0.384. The number of benzene rings is 1. The minimum absolute atomic E-state index is 0.156. The van der Waals surface area contributed by atoms with E-state index in [-0.39, 0.29) is 18.0 Å². The van der Waals surface area contributed by atoms with E-state index in [0.29, 0.717) is 0 Å². The maximum atomic E-state index is 11.3. The van der Waals surface area contributed by atoms with Crippen LogP contribution in [0.5, 0.6) is 0 Å². The summed E-state index contributed by atoms with van der Waals surface area (Å²) in [5.74, 6) is 0. The maximum absolute atomic E-state index is 11.3. The first-order valence-corrected chi connectivity index (χ1v) is 5.27. The summed E-state index contributed by atoms with van der Waals surface area (Å²) in [4.78, 5) is 32.2. The van der Waals surface area contributed by atoms with Gasteiger partial charge in [-0.2, -0.15) is 0 Å². The minimum Gasteiger partial charge on any atom is -0.449 e. The Bertz CT molecular complexity index is 491. The fraction of sp³-hybridized carbons (Fsp3) is 0.200. The number of amides is 3. The molecule has 1 rings (SSSR count). The van der Waals surface area contributed by atoms with Crippen molar-refractivity contribution in [1.29, 1.82) is 0 Å². The van der Waals surface area contributed by atoms with E-state index in [1.165, 1.54) is 24.3 Å². The number of urea groups is 1. The molecule has 0 fully saturated rings. The van der Waals surface area contributed by atoms with Gasteiger partial charge in [-0.15, -0.1) is 0 Å². The van der Waals surface area contributed by atoms with Crippen LogP contribution < -0.4 is 16.2 Å². The summed E-state index contributed by atoms with van der Waals surface area (Å²) in [6.07, 6.45) is -0.809. The zero-order valence-electron chi connectivity index (χ0n) is 10.0. The fourth-order valence-electron chi connectivity index (χ4n) is 1.13. The summed E-state index contributed by atoms with van der Waals surface area (Å²) < 4.78 is 4.51. The molecule has 102 valence electrons. The Kier molecular flexibility index (Phi) is 5.08. The van der Waals surface area contributed by atoms with Crippen LogP contribution in [0.25, 0.3) is 0 Å². The highest BCUT2D eigenvalue weighted by atomic mass is 16.6. The zero-order chi connectivity index (χ0) is 14.3. The molecule has 0 aliphatic rings. The van der Waals surface area contributed by atoms with Crippen molar-refractivity contribution in [3.63, 3.8) is 0 Å². The number of ether oxygens (including phenoxy) is 1. The van der Waals surface area contributed by atoms with Gasteiger partial charge < -0.3 is 10.1 Å². The number of rotatable bonds is 3. The number of nitrogens with one attached hydrogen (secondary N) is 3. The molecule has 0 radical (unpaired) electrons. The quantitative estimate of drug-likeness (QED) is 0.564. The molecular formula is C10H12N4O5. The highest BCUT2D eigenvalue weighted by Crippen LogP contribution is 2.16. The van der Waals surface area contributed by atoms with Gasteiger partial charge in [0, 0.05) is 17.8 Å². The summed E-state index contributed by atoms with van der Waals surface area (Å²) in [5, 5.41) is 12.8. The molecule has 0 aliphatic heterocycles. The largest absolute Gasteiger partial charge is 0.449 e. The molecule has 0 atom stereocenters. The molecule has 0 bridgehead atoms. The zero-order valence-corrected chi connectivity index (χ0v) is 10.0. The molecule has 3 amide bonds. The average Bonchev–Trinajstić information content (AvgIpc) is 2.37. The van der Waals surface area contributed by atoms with Crippen molar-refractivity contribution in [3.8, 4) is 0 Å². The maximum Gasteiger partial charge on any atom is 0.426 e. The number of hydrogen-bond donors (Lipinski definition) is 3. The van der Waals surface area contributed by atoms with Gasteiger partial charge in [-0.25, -0.2) is 20.4 Å². The van der Waals surface area contributed by atoms with Crippen LogP contribution in [-0.2, 0) is 4.74 Å². The lowest BCUT2D eigenvalue weighted by Gasteiger charge is -2.08. The van der Waals surface area contributed by atoms with Crippen molar-refractivity contribution >= 4 is 23.5 Å². The van der Waals surface area contributed by atoms with Crippen LogP contribution in [0.15, 0.2) is 24.3 Å². The first-order chi connectivity index (χ1) is 9.02. The number of hydrazine groups is 1. The van der Waals surface area contributed by atoms with E-state index >= 15 is 0 Å². The second-order valence-corrected chi connectivity index (χ2v) is 3.23. The van der Waals surface area contributed by atoms with Gasteiger partial charge in [0.25, 0.3) is 5.69 Å². The summed E-state index contributed by atoms with van der Waals surface area (Å²) in [6.45, 7) is 1.78. The number of carbonyl (C=O) groups excluding carboxylic acids is 2. The molecule has 3 N–H and O–H groups in total. The Balaban J connectivity index is 2.50. The van der Waals surface area contributed by atoms with E-state index in [9.17, 15) is 19.7 Å². The van der Waals surface area contributed by atoms with Crippen LogP contribution in [0, 0.1) is 10.1 Å². The molecule has 9 nitrogen and oxygen atoms in total. The average molecular weight is 268 g/mol. The third-order valence-electron chi connectivity index (χ3n) is 1.87. The molecule has 0 aromatic heterocycles. The molecule has 1 aromatic carbocycles. The van der Waals surface area contributed by atoms with Gasteiger partial charge in [-0.3, -0.25) is 10.1 Å². The predicted octanol–water partition coefficient (Wildman–Crippen LogP) is 1.38. The first kappa shape index (κ1) is 14.2. The lowest BCUT2D eigenvalue weighted by Crippen LogP contribution is -2.44. The smallest absolute Gasteiger partial charge is 0.426 e. The van der Waals surface area contributed by atoms with Gasteiger partial charge in [-0.1, -0.05) is 6.07 Å². The Morgan fingerprint density at radius 2 is 2.11 bits per heavy atom. The van der Waals surface area contributed by atoms with Crippen LogP contribution in [-0.4, -0.2) is 23.7 Å². The molecular weight excluding hydrogens is 256 g/mol. The SMILES string of the molecule is CCOC(=O)NNC(=O)Nc1cccc([N+](=O)[O-])c1. The van der Waals surface area contributed by atoms with Crippen molar-refractivity contribution in [1.82, 2.24) is 10.9 Å².